The molecule has 22 heavy (non-hydrogen) atoms. The predicted octanol–water partition coefficient (Wildman–Crippen LogP) is 2.92. The van der Waals surface area contributed by atoms with Gasteiger partial charge in [0.05, 0.1) is 7.11 Å². The molecule has 2 aliphatic rings. The number of hydrogen-bond acceptors (Lipinski definition) is 3. The lowest BCUT2D eigenvalue weighted by Gasteiger charge is -2.28. The Hall–Kier alpha value is -2.30. The van der Waals surface area contributed by atoms with Crippen molar-refractivity contribution in [3.8, 4) is 5.75 Å². The van der Waals surface area contributed by atoms with Crippen LogP contribution < -0.4 is 10.1 Å². The van der Waals surface area contributed by atoms with E-state index >= 15 is 0 Å². The standard InChI is InChI=1S/C17H20N2O3/c1-22-14-9-7-12(8-10-14)11-15-16(20)19(17(21)18-15)13-5-3-2-4-6-13/h7-11,13H,2-6H2,1H3,(H,18,21)/b15-11-. The monoisotopic (exact) mass is 300 g/mol. The molecule has 3 rings (SSSR count). The van der Waals surface area contributed by atoms with E-state index < -0.39 is 0 Å². The van der Waals surface area contributed by atoms with Crippen molar-refractivity contribution >= 4 is 18.0 Å². The molecule has 3 amide bonds. The number of urea groups is 1. The molecule has 0 spiro atoms. The molecule has 1 heterocycles. The number of rotatable bonds is 3. The molecule has 0 unspecified atom stereocenters. The van der Waals surface area contributed by atoms with Crippen LogP contribution in [-0.2, 0) is 4.79 Å². The van der Waals surface area contributed by atoms with E-state index in [2.05, 4.69) is 5.32 Å². The third kappa shape index (κ3) is 2.84. The average molecular weight is 300 g/mol. The van der Waals surface area contributed by atoms with Gasteiger partial charge < -0.3 is 10.1 Å². The minimum absolute atomic E-state index is 0.0445. The van der Waals surface area contributed by atoms with E-state index in [1.165, 1.54) is 11.3 Å². The van der Waals surface area contributed by atoms with Crippen LogP contribution in [0.5, 0.6) is 5.75 Å². The van der Waals surface area contributed by atoms with Crippen LogP contribution in [0.15, 0.2) is 30.0 Å². The van der Waals surface area contributed by atoms with Crippen molar-refractivity contribution in [2.75, 3.05) is 7.11 Å². The van der Waals surface area contributed by atoms with Crippen molar-refractivity contribution in [2.24, 2.45) is 0 Å². The Bertz CT molecular complexity index is 601. The zero-order valence-corrected chi connectivity index (χ0v) is 12.7. The zero-order valence-electron chi connectivity index (χ0n) is 12.7. The number of nitrogens with one attached hydrogen (secondary N) is 1. The average Bonchev–Trinajstić information content (AvgIpc) is 2.83. The van der Waals surface area contributed by atoms with Crippen LogP contribution in [0.3, 0.4) is 0 Å². The van der Waals surface area contributed by atoms with Crippen LogP contribution in [0.1, 0.15) is 37.7 Å². The molecule has 1 aliphatic heterocycles. The normalized spacial score (nSPS) is 21.3. The van der Waals surface area contributed by atoms with Crippen LogP contribution in [0.2, 0.25) is 0 Å². The number of ether oxygens (including phenoxy) is 1. The third-order valence-corrected chi connectivity index (χ3v) is 4.28. The molecule has 1 N–H and O–H groups in total. The van der Waals surface area contributed by atoms with Crippen molar-refractivity contribution in [3.05, 3.63) is 35.5 Å². The van der Waals surface area contributed by atoms with Crippen molar-refractivity contribution in [2.45, 2.75) is 38.1 Å². The second kappa shape index (κ2) is 6.22. The minimum Gasteiger partial charge on any atom is -0.497 e. The molecule has 0 aromatic heterocycles. The van der Waals surface area contributed by atoms with Crippen molar-refractivity contribution in [1.29, 1.82) is 0 Å². The van der Waals surface area contributed by atoms with E-state index in [0.29, 0.717) is 5.70 Å². The van der Waals surface area contributed by atoms with E-state index in [0.717, 1.165) is 37.0 Å². The second-order valence-corrected chi connectivity index (χ2v) is 5.73. The third-order valence-electron chi connectivity index (χ3n) is 4.28. The number of nitrogens with zero attached hydrogens (tertiary/aromatic N) is 1. The number of amides is 3. The maximum atomic E-state index is 12.5. The van der Waals surface area contributed by atoms with Gasteiger partial charge in [0, 0.05) is 6.04 Å². The predicted molar refractivity (Wildman–Crippen MR) is 83.2 cm³/mol. The molecule has 2 fully saturated rings. The Kier molecular flexibility index (Phi) is 4.13. The SMILES string of the molecule is COc1ccc(/C=C2\NC(=O)N(C3CCCCC3)C2=O)cc1. The summed E-state index contributed by atoms with van der Waals surface area (Å²) in [6.45, 7) is 0. The van der Waals surface area contributed by atoms with Crippen LogP contribution in [0.4, 0.5) is 4.79 Å². The highest BCUT2D eigenvalue weighted by Crippen LogP contribution is 2.26. The highest BCUT2D eigenvalue weighted by Gasteiger charge is 2.38. The van der Waals surface area contributed by atoms with E-state index in [-0.39, 0.29) is 18.0 Å². The summed E-state index contributed by atoms with van der Waals surface area (Å²) in [6.07, 6.45) is 6.89. The molecule has 1 aromatic carbocycles. The van der Waals surface area contributed by atoms with E-state index in [9.17, 15) is 9.59 Å². The Labute approximate surface area is 129 Å². The molecule has 1 saturated heterocycles. The number of imide groups is 1. The number of hydrogen-bond donors (Lipinski definition) is 1. The smallest absolute Gasteiger partial charge is 0.329 e. The molecule has 1 aliphatic carbocycles. The molecule has 0 bridgehead atoms. The van der Waals surface area contributed by atoms with Gasteiger partial charge in [0.1, 0.15) is 11.4 Å². The molecule has 1 aromatic rings. The summed E-state index contributed by atoms with van der Waals surface area (Å²) in [4.78, 5) is 26.0. The maximum Gasteiger partial charge on any atom is 0.329 e. The summed E-state index contributed by atoms with van der Waals surface area (Å²) >= 11 is 0. The molecule has 1 saturated carbocycles. The summed E-state index contributed by atoms with van der Waals surface area (Å²) in [5.74, 6) is 0.542. The molecule has 5 heteroatoms. The molecule has 0 radical (unpaired) electrons. The lowest BCUT2D eigenvalue weighted by atomic mass is 9.94. The Morgan fingerprint density at radius 3 is 2.45 bits per heavy atom. The van der Waals surface area contributed by atoms with E-state index in [1.54, 1.807) is 13.2 Å². The first-order valence-corrected chi connectivity index (χ1v) is 7.69. The fourth-order valence-electron chi connectivity index (χ4n) is 3.09. The first-order valence-electron chi connectivity index (χ1n) is 7.69. The van der Waals surface area contributed by atoms with Crippen LogP contribution in [-0.4, -0.2) is 30.0 Å². The lowest BCUT2D eigenvalue weighted by Crippen LogP contribution is -2.41. The van der Waals surface area contributed by atoms with Crippen molar-refractivity contribution in [3.63, 3.8) is 0 Å². The van der Waals surface area contributed by atoms with E-state index in [1.807, 2.05) is 24.3 Å². The highest BCUT2D eigenvalue weighted by molar-refractivity contribution is 6.14. The number of methoxy groups -OCH3 is 1. The van der Waals surface area contributed by atoms with Gasteiger partial charge in [0.2, 0.25) is 0 Å². The van der Waals surface area contributed by atoms with Crippen LogP contribution in [0, 0.1) is 0 Å². The van der Waals surface area contributed by atoms with Crippen molar-refractivity contribution < 1.29 is 14.3 Å². The molecular formula is C17H20N2O3. The number of carbonyl (C=O) groups excluding carboxylic acids is 2. The molecule has 0 atom stereocenters. The number of benzene rings is 1. The second-order valence-electron chi connectivity index (χ2n) is 5.73. The van der Waals surface area contributed by atoms with Gasteiger partial charge in [-0.1, -0.05) is 31.4 Å². The molecule has 5 nitrogen and oxygen atoms in total. The van der Waals surface area contributed by atoms with Gasteiger partial charge in [-0.2, -0.15) is 0 Å². The first-order chi connectivity index (χ1) is 10.7. The van der Waals surface area contributed by atoms with Gasteiger partial charge in [0.25, 0.3) is 5.91 Å². The van der Waals surface area contributed by atoms with Gasteiger partial charge >= 0.3 is 6.03 Å². The van der Waals surface area contributed by atoms with Gasteiger partial charge in [-0.15, -0.1) is 0 Å². The molecular weight excluding hydrogens is 280 g/mol. The summed E-state index contributed by atoms with van der Waals surface area (Å²) in [5, 5.41) is 2.70. The van der Waals surface area contributed by atoms with Crippen molar-refractivity contribution in [1.82, 2.24) is 10.2 Å². The number of carbonyl (C=O) groups is 2. The quantitative estimate of drug-likeness (QED) is 0.689. The van der Waals surface area contributed by atoms with Gasteiger partial charge in [-0.3, -0.25) is 9.69 Å². The summed E-state index contributed by atoms with van der Waals surface area (Å²) in [5.41, 5.74) is 1.20. The Balaban J connectivity index is 1.78. The minimum atomic E-state index is -0.295. The zero-order chi connectivity index (χ0) is 15.5. The maximum absolute atomic E-state index is 12.5. The highest BCUT2D eigenvalue weighted by atomic mass is 16.5. The Morgan fingerprint density at radius 2 is 1.82 bits per heavy atom. The van der Waals surface area contributed by atoms with Gasteiger partial charge in [0.15, 0.2) is 0 Å². The summed E-state index contributed by atoms with van der Waals surface area (Å²) in [7, 11) is 1.61. The lowest BCUT2D eigenvalue weighted by molar-refractivity contribution is -0.124. The molecule has 116 valence electrons. The summed E-state index contributed by atoms with van der Waals surface area (Å²) < 4.78 is 5.11. The van der Waals surface area contributed by atoms with Crippen LogP contribution in [0.25, 0.3) is 6.08 Å². The van der Waals surface area contributed by atoms with Gasteiger partial charge in [-0.05, 0) is 36.6 Å². The largest absolute Gasteiger partial charge is 0.497 e. The first kappa shape index (κ1) is 14.6. The van der Waals surface area contributed by atoms with Crippen LogP contribution >= 0.6 is 0 Å². The summed E-state index contributed by atoms with van der Waals surface area (Å²) in [6, 6.07) is 7.11. The van der Waals surface area contributed by atoms with E-state index in [4.69, 9.17) is 4.74 Å². The topological polar surface area (TPSA) is 58.6 Å². The fourth-order valence-corrected chi connectivity index (χ4v) is 3.09. The van der Waals surface area contributed by atoms with Gasteiger partial charge in [-0.25, -0.2) is 4.79 Å². The Morgan fingerprint density at radius 1 is 1.14 bits per heavy atom. The fraction of sp³-hybridized carbons (Fsp3) is 0.412.